The molecule has 3 heterocycles. The lowest BCUT2D eigenvalue weighted by Crippen LogP contribution is -2.31. The Labute approximate surface area is 208 Å². The molecule has 3 aromatic heterocycles. The maximum atomic E-state index is 14.3. The fourth-order valence-electron chi connectivity index (χ4n) is 3.03. The number of anilines is 1. The summed E-state index contributed by atoms with van der Waals surface area (Å²) in [4.78, 5) is 27.7. The van der Waals surface area contributed by atoms with Crippen LogP contribution in [0.2, 0.25) is 0 Å². The summed E-state index contributed by atoms with van der Waals surface area (Å²) >= 11 is 0. The molecule has 2 atom stereocenters. The Bertz CT molecular complexity index is 1200. The SMILES string of the molecule is CNC(=O)c1cn(CC(F)CCc2ccc(NC(=O)Cc3cc(OC(C)C(F)(F)F)ccn3)nn2)nn1. The van der Waals surface area contributed by atoms with Crippen LogP contribution in [-0.2, 0) is 24.2 Å². The molecule has 0 saturated carbocycles. The van der Waals surface area contributed by atoms with Gasteiger partial charge in [-0.25, -0.2) is 9.07 Å². The third kappa shape index (κ3) is 8.47. The van der Waals surface area contributed by atoms with Gasteiger partial charge in [0.15, 0.2) is 17.6 Å². The second kappa shape index (κ2) is 12.2. The van der Waals surface area contributed by atoms with E-state index < -0.39 is 30.3 Å². The molecule has 0 radical (unpaired) electrons. The number of ether oxygens (including phenoxy) is 1. The van der Waals surface area contributed by atoms with E-state index >= 15 is 0 Å². The Kier molecular flexibility index (Phi) is 9.03. The van der Waals surface area contributed by atoms with E-state index in [1.807, 2.05) is 0 Å². The minimum Gasteiger partial charge on any atom is -0.481 e. The van der Waals surface area contributed by atoms with Gasteiger partial charge < -0.3 is 15.4 Å². The van der Waals surface area contributed by atoms with Crippen LogP contribution in [0.15, 0.2) is 36.7 Å². The van der Waals surface area contributed by atoms with Crippen molar-refractivity contribution in [3.8, 4) is 5.75 Å². The van der Waals surface area contributed by atoms with Crippen LogP contribution in [0.3, 0.4) is 0 Å². The highest BCUT2D eigenvalue weighted by Crippen LogP contribution is 2.25. The molecule has 0 aromatic carbocycles. The number of alkyl halides is 4. The van der Waals surface area contributed by atoms with Crippen LogP contribution in [0.4, 0.5) is 23.4 Å². The number of nitrogens with zero attached hydrogens (tertiary/aromatic N) is 6. The second-order valence-electron chi connectivity index (χ2n) is 7.96. The van der Waals surface area contributed by atoms with Gasteiger partial charge in [0.1, 0.15) is 11.9 Å². The normalized spacial score (nSPS) is 13.0. The number of nitrogens with one attached hydrogen (secondary N) is 2. The van der Waals surface area contributed by atoms with Crippen LogP contribution < -0.4 is 15.4 Å². The van der Waals surface area contributed by atoms with E-state index in [-0.39, 0.29) is 48.8 Å². The lowest BCUT2D eigenvalue weighted by Gasteiger charge is -2.17. The molecule has 0 spiro atoms. The van der Waals surface area contributed by atoms with Crippen molar-refractivity contribution >= 4 is 17.6 Å². The van der Waals surface area contributed by atoms with Crippen molar-refractivity contribution in [3.63, 3.8) is 0 Å². The van der Waals surface area contributed by atoms with Crippen LogP contribution in [0.25, 0.3) is 0 Å². The third-order valence-electron chi connectivity index (χ3n) is 4.99. The second-order valence-corrected chi connectivity index (χ2v) is 7.96. The average Bonchev–Trinajstić information content (AvgIpc) is 3.31. The summed E-state index contributed by atoms with van der Waals surface area (Å²) < 4.78 is 58.4. The molecule has 0 aliphatic rings. The topological polar surface area (TPSA) is 137 Å². The summed E-state index contributed by atoms with van der Waals surface area (Å²) in [6, 6.07) is 5.60. The summed E-state index contributed by atoms with van der Waals surface area (Å²) in [7, 11) is 1.45. The molecule has 2 amide bonds. The van der Waals surface area contributed by atoms with Gasteiger partial charge in [-0.15, -0.1) is 10.2 Å². The minimum atomic E-state index is -4.52. The first-order valence-electron chi connectivity index (χ1n) is 11.1. The van der Waals surface area contributed by atoms with Gasteiger partial charge in [-0.1, -0.05) is 5.21 Å². The Morgan fingerprint density at radius 1 is 1.14 bits per heavy atom. The molecule has 0 fully saturated rings. The molecule has 15 heteroatoms. The zero-order valence-corrected chi connectivity index (χ0v) is 19.9. The largest absolute Gasteiger partial charge is 0.481 e. The molecular formula is C22H24F4N8O3. The quantitative estimate of drug-likeness (QED) is 0.365. The van der Waals surface area contributed by atoms with Crippen LogP contribution in [-0.4, -0.2) is 67.5 Å². The summed E-state index contributed by atoms with van der Waals surface area (Å²) in [5, 5.41) is 20.2. The van der Waals surface area contributed by atoms with Gasteiger partial charge in [0.25, 0.3) is 5.91 Å². The number of carbonyl (C=O) groups is 2. The number of carbonyl (C=O) groups excluding carboxylic acids is 2. The monoisotopic (exact) mass is 524 g/mol. The van der Waals surface area contributed by atoms with Crippen molar-refractivity contribution in [3.05, 3.63) is 53.7 Å². The summed E-state index contributed by atoms with van der Waals surface area (Å²) in [5.74, 6) is -0.844. The molecule has 37 heavy (non-hydrogen) atoms. The summed E-state index contributed by atoms with van der Waals surface area (Å²) in [5.41, 5.74) is 0.791. The number of amides is 2. The Morgan fingerprint density at radius 3 is 2.59 bits per heavy atom. The predicted octanol–water partition coefficient (Wildman–Crippen LogP) is 2.30. The van der Waals surface area contributed by atoms with Gasteiger partial charge in [-0.05, 0) is 38.0 Å². The molecule has 0 aliphatic heterocycles. The van der Waals surface area contributed by atoms with Gasteiger partial charge in [0.05, 0.1) is 30.6 Å². The number of hydrogen-bond donors (Lipinski definition) is 2. The molecule has 2 unspecified atom stereocenters. The van der Waals surface area contributed by atoms with Gasteiger partial charge in [-0.2, -0.15) is 18.3 Å². The number of pyridine rings is 1. The lowest BCUT2D eigenvalue weighted by atomic mass is 10.1. The fraction of sp³-hybridized carbons (Fsp3) is 0.409. The van der Waals surface area contributed by atoms with Crippen LogP contribution >= 0.6 is 0 Å². The number of rotatable bonds is 11. The van der Waals surface area contributed by atoms with Crippen LogP contribution in [0.1, 0.15) is 35.2 Å². The highest BCUT2D eigenvalue weighted by molar-refractivity contribution is 5.91. The smallest absolute Gasteiger partial charge is 0.425 e. The maximum absolute atomic E-state index is 14.3. The highest BCUT2D eigenvalue weighted by Gasteiger charge is 2.38. The summed E-state index contributed by atoms with van der Waals surface area (Å²) in [6.45, 7) is 0.797. The molecular weight excluding hydrogens is 500 g/mol. The van der Waals surface area contributed by atoms with E-state index in [0.29, 0.717) is 5.69 Å². The van der Waals surface area contributed by atoms with Gasteiger partial charge in [0, 0.05) is 19.3 Å². The highest BCUT2D eigenvalue weighted by atomic mass is 19.4. The molecule has 11 nitrogen and oxygen atoms in total. The van der Waals surface area contributed by atoms with Crippen molar-refractivity contribution in [2.45, 2.75) is 51.2 Å². The minimum absolute atomic E-state index is 0.0614. The Hall–Kier alpha value is -4.17. The third-order valence-corrected chi connectivity index (χ3v) is 4.99. The molecule has 0 saturated heterocycles. The Morgan fingerprint density at radius 2 is 1.92 bits per heavy atom. The van der Waals surface area contributed by atoms with Crippen molar-refractivity contribution in [1.29, 1.82) is 0 Å². The van der Waals surface area contributed by atoms with Gasteiger partial charge in [0.2, 0.25) is 5.91 Å². The number of aromatic nitrogens is 6. The standard InChI is InChI=1S/C22H24F4N8O3/c1-13(22(24,25)26)37-17-7-8-28-16(9-17)10-20(35)29-19-6-5-15(30-32-19)4-3-14(23)11-34-12-18(31-33-34)21(36)27-2/h5-9,12-14H,3-4,10-11H2,1-2H3,(H,27,36)(H,29,32,35). The maximum Gasteiger partial charge on any atom is 0.425 e. The van der Waals surface area contributed by atoms with E-state index in [0.717, 1.165) is 6.92 Å². The number of aryl methyl sites for hydroxylation is 1. The van der Waals surface area contributed by atoms with Crippen molar-refractivity contribution in [2.75, 3.05) is 12.4 Å². The molecule has 0 bridgehead atoms. The number of halogens is 4. The molecule has 2 N–H and O–H groups in total. The fourth-order valence-corrected chi connectivity index (χ4v) is 3.03. The first kappa shape index (κ1) is 27.4. The zero-order valence-electron chi connectivity index (χ0n) is 19.9. The zero-order chi connectivity index (χ0) is 27.0. The molecule has 0 aliphatic carbocycles. The first-order valence-corrected chi connectivity index (χ1v) is 11.1. The average molecular weight is 524 g/mol. The van der Waals surface area contributed by atoms with Gasteiger partial charge in [-0.3, -0.25) is 14.6 Å². The molecule has 198 valence electrons. The van der Waals surface area contributed by atoms with E-state index in [4.69, 9.17) is 4.74 Å². The van der Waals surface area contributed by atoms with Crippen molar-refractivity contribution < 1.29 is 31.9 Å². The molecule has 3 aromatic rings. The van der Waals surface area contributed by atoms with Gasteiger partial charge >= 0.3 is 6.18 Å². The van der Waals surface area contributed by atoms with Crippen molar-refractivity contribution in [2.24, 2.45) is 0 Å². The van der Waals surface area contributed by atoms with Crippen LogP contribution in [0, 0.1) is 0 Å². The Balaban J connectivity index is 1.46. The lowest BCUT2D eigenvalue weighted by molar-refractivity contribution is -0.189. The predicted molar refractivity (Wildman–Crippen MR) is 121 cm³/mol. The van der Waals surface area contributed by atoms with E-state index in [1.165, 1.54) is 42.3 Å². The van der Waals surface area contributed by atoms with Crippen LogP contribution in [0.5, 0.6) is 5.75 Å². The number of hydrogen-bond acceptors (Lipinski definition) is 8. The van der Waals surface area contributed by atoms with E-state index in [9.17, 15) is 27.2 Å². The van der Waals surface area contributed by atoms with Crippen molar-refractivity contribution in [1.82, 2.24) is 35.5 Å². The first-order chi connectivity index (χ1) is 17.5. The summed E-state index contributed by atoms with van der Waals surface area (Å²) in [6.07, 6.45) is -5.05. The molecule has 3 rings (SSSR count). The van der Waals surface area contributed by atoms with E-state index in [2.05, 4.69) is 36.1 Å². The van der Waals surface area contributed by atoms with E-state index in [1.54, 1.807) is 6.07 Å².